The maximum Gasteiger partial charge on any atom is 0.0920 e. The lowest BCUT2D eigenvalue weighted by Crippen LogP contribution is -2.08. The summed E-state index contributed by atoms with van der Waals surface area (Å²) in [6, 6.07) is 0. The number of hydrogen-bond acceptors (Lipinski definition) is 1. The fraction of sp³-hybridized carbons (Fsp3) is 0.800. The molecule has 1 unspecified atom stereocenters. The Morgan fingerprint density at radius 2 is 2.23 bits per heavy atom. The number of allylic oxidation sites excluding steroid dienone is 2. The molecule has 0 saturated heterocycles. The summed E-state index contributed by atoms with van der Waals surface area (Å²) in [5.74, 6) is 0. The molecule has 0 N–H and O–H groups in total. The Bertz CT molecular complexity index is 258. The molecule has 1 nitrogen and oxygen atoms in total. The van der Waals surface area contributed by atoms with Crippen LogP contribution in [0, 0.1) is 0 Å². The summed E-state index contributed by atoms with van der Waals surface area (Å²) in [4.78, 5) is 0. The molecule has 3 heteroatoms. The quantitative estimate of drug-likeness (QED) is 0.656. The van der Waals surface area contributed by atoms with Gasteiger partial charge < -0.3 is 4.57 Å². The molecule has 0 spiro atoms. The van der Waals surface area contributed by atoms with Crippen molar-refractivity contribution in [2.24, 2.45) is 0 Å². The summed E-state index contributed by atoms with van der Waals surface area (Å²) < 4.78 is 12.3. The highest BCUT2D eigenvalue weighted by molar-refractivity contribution is 7.64. The van der Waals surface area contributed by atoms with E-state index < -0.39 is 7.14 Å². The third-order valence-corrected chi connectivity index (χ3v) is 6.38. The van der Waals surface area contributed by atoms with Crippen molar-refractivity contribution in [2.75, 3.05) is 18.5 Å². The zero-order valence-electron chi connectivity index (χ0n) is 8.48. The highest BCUT2D eigenvalue weighted by Gasteiger charge is 2.26. The third-order valence-electron chi connectivity index (χ3n) is 2.65. The minimum Gasteiger partial charge on any atom is -0.323 e. The molecule has 1 aliphatic heterocycles. The number of unbranched alkanes of at least 4 members (excludes halogenated alkanes) is 1. The molecule has 13 heavy (non-hydrogen) atoms. The fourth-order valence-electron chi connectivity index (χ4n) is 1.75. The van der Waals surface area contributed by atoms with Crippen molar-refractivity contribution in [2.45, 2.75) is 33.1 Å². The van der Waals surface area contributed by atoms with E-state index in [2.05, 4.69) is 6.92 Å². The zero-order valence-corrected chi connectivity index (χ0v) is 10.1. The van der Waals surface area contributed by atoms with Gasteiger partial charge in [-0.05, 0) is 19.8 Å². The Hall–Kier alpha value is 0.260. The second kappa shape index (κ2) is 4.66. The molecule has 1 heterocycles. The van der Waals surface area contributed by atoms with Crippen molar-refractivity contribution in [1.82, 2.24) is 0 Å². The van der Waals surface area contributed by atoms with Crippen LogP contribution >= 0.6 is 18.7 Å². The fourth-order valence-corrected chi connectivity index (χ4v) is 5.25. The van der Waals surface area contributed by atoms with Crippen molar-refractivity contribution >= 4 is 18.7 Å². The molecule has 0 aliphatic carbocycles. The van der Waals surface area contributed by atoms with Gasteiger partial charge in [-0.25, -0.2) is 0 Å². The lowest BCUT2D eigenvalue weighted by Gasteiger charge is -2.23. The Labute approximate surface area is 85.9 Å². The average Bonchev–Trinajstić information content (AvgIpc) is 2.09. The van der Waals surface area contributed by atoms with Gasteiger partial charge in [0.2, 0.25) is 0 Å². The van der Waals surface area contributed by atoms with Crippen molar-refractivity contribution in [3.63, 3.8) is 0 Å². The van der Waals surface area contributed by atoms with Crippen LogP contribution < -0.4 is 0 Å². The zero-order chi connectivity index (χ0) is 9.90. The topological polar surface area (TPSA) is 17.1 Å². The monoisotopic (exact) mass is 220 g/mol. The summed E-state index contributed by atoms with van der Waals surface area (Å²) in [5.41, 5.74) is 1.16. The van der Waals surface area contributed by atoms with E-state index >= 15 is 0 Å². The van der Waals surface area contributed by atoms with E-state index in [0.29, 0.717) is 0 Å². The lowest BCUT2D eigenvalue weighted by atomic mass is 10.3. The molecular formula is C10H18ClOP. The van der Waals surface area contributed by atoms with Crippen LogP contribution in [-0.2, 0) is 4.57 Å². The van der Waals surface area contributed by atoms with Crippen LogP contribution in [0.5, 0.6) is 0 Å². The van der Waals surface area contributed by atoms with Crippen molar-refractivity contribution < 1.29 is 4.57 Å². The van der Waals surface area contributed by atoms with Gasteiger partial charge in [-0.2, -0.15) is 0 Å². The van der Waals surface area contributed by atoms with Crippen molar-refractivity contribution in [1.29, 1.82) is 0 Å². The molecule has 0 aromatic carbocycles. The summed E-state index contributed by atoms with van der Waals surface area (Å²) in [7, 11) is -1.87. The molecule has 0 bridgehead atoms. The summed E-state index contributed by atoms with van der Waals surface area (Å²) in [6.45, 7) is 4.16. The van der Waals surface area contributed by atoms with Gasteiger partial charge in [0.05, 0.1) is 7.14 Å². The van der Waals surface area contributed by atoms with Gasteiger partial charge in [-0.3, -0.25) is 0 Å². The van der Waals surface area contributed by atoms with E-state index in [4.69, 9.17) is 11.6 Å². The average molecular weight is 221 g/mol. The molecule has 1 rings (SSSR count). The first kappa shape index (κ1) is 11.3. The van der Waals surface area contributed by atoms with Gasteiger partial charge >= 0.3 is 0 Å². The predicted octanol–water partition coefficient (Wildman–Crippen LogP) is 4.07. The van der Waals surface area contributed by atoms with Gasteiger partial charge in [0.25, 0.3) is 0 Å². The largest absolute Gasteiger partial charge is 0.323 e. The molecule has 0 fully saturated rings. The van der Waals surface area contributed by atoms with Crippen LogP contribution in [0.2, 0.25) is 0 Å². The summed E-state index contributed by atoms with van der Waals surface area (Å²) in [6.07, 6.45) is 5.61. The van der Waals surface area contributed by atoms with E-state index in [1.54, 1.807) is 0 Å². The van der Waals surface area contributed by atoms with Crippen molar-refractivity contribution in [3.05, 3.63) is 10.6 Å². The highest BCUT2D eigenvalue weighted by atomic mass is 35.5. The minimum atomic E-state index is -1.87. The van der Waals surface area contributed by atoms with Gasteiger partial charge in [0.1, 0.15) is 0 Å². The second-order valence-corrected chi connectivity index (χ2v) is 7.74. The van der Waals surface area contributed by atoms with E-state index in [1.807, 2.05) is 6.92 Å². The normalized spacial score (nSPS) is 29.5. The van der Waals surface area contributed by atoms with Crippen molar-refractivity contribution in [3.8, 4) is 0 Å². The highest BCUT2D eigenvalue weighted by Crippen LogP contribution is 2.52. The van der Waals surface area contributed by atoms with Crippen LogP contribution in [0.1, 0.15) is 33.1 Å². The van der Waals surface area contributed by atoms with Crippen LogP contribution in [-0.4, -0.2) is 18.5 Å². The standard InChI is InChI=1S/C10H18ClOP/c1-3-4-6-13(12)7-5-10(11)9(2)8-13/h3-8H2,1-2H3. The number of hydrogen-bond donors (Lipinski definition) is 0. The van der Waals surface area contributed by atoms with Crippen LogP contribution in [0.15, 0.2) is 10.6 Å². The smallest absolute Gasteiger partial charge is 0.0920 e. The molecule has 0 saturated carbocycles. The van der Waals surface area contributed by atoms with E-state index in [0.717, 1.165) is 48.4 Å². The predicted molar refractivity (Wildman–Crippen MR) is 60.3 cm³/mol. The first-order chi connectivity index (χ1) is 6.07. The molecule has 0 aromatic heterocycles. The molecule has 0 amide bonds. The summed E-state index contributed by atoms with van der Waals surface area (Å²) >= 11 is 5.99. The SMILES string of the molecule is CCCCP1(=O)CCC(Cl)=C(C)C1. The van der Waals surface area contributed by atoms with E-state index in [-0.39, 0.29) is 0 Å². The maximum atomic E-state index is 12.3. The van der Waals surface area contributed by atoms with Crippen LogP contribution in [0.3, 0.4) is 0 Å². The van der Waals surface area contributed by atoms with Gasteiger partial charge in [-0.15, -0.1) is 0 Å². The molecule has 0 aromatic rings. The van der Waals surface area contributed by atoms with Gasteiger partial charge in [0.15, 0.2) is 0 Å². The molecule has 1 aliphatic rings. The first-order valence-electron chi connectivity index (χ1n) is 4.98. The molecular weight excluding hydrogens is 203 g/mol. The van der Waals surface area contributed by atoms with E-state index in [1.165, 1.54) is 0 Å². The second-order valence-electron chi connectivity index (χ2n) is 3.95. The molecule has 0 radical (unpaired) electrons. The summed E-state index contributed by atoms with van der Waals surface area (Å²) in [5, 5.41) is 0.947. The Kier molecular flexibility index (Phi) is 4.06. The number of rotatable bonds is 3. The molecule has 76 valence electrons. The third kappa shape index (κ3) is 3.14. The Morgan fingerprint density at radius 1 is 1.54 bits per heavy atom. The van der Waals surface area contributed by atoms with Gasteiger partial charge in [-0.1, -0.05) is 30.5 Å². The first-order valence-corrected chi connectivity index (χ1v) is 7.62. The Balaban J connectivity index is 2.60. The van der Waals surface area contributed by atoms with Crippen LogP contribution in [0.25, 0.3) is 0 Å². The Morgan fingerprint density at radius 3 is 2.77 bits per heavy atom. The maximum absolute atomic E-state index is 12.3. The number of halogens is 1. The molecule has 1 atom stereocenters. The minimum absolute atomic E-state index is 0.770. The van der Waals surface area contributed by atoms with E-state index in [9.17, 15) is 4.57 Å². The van der Waals surface area contributed by atoms with Crippen LogP contribution in [0.4, 0.5) is 0 Å². The van der Waals surface area contributed by atoms with Gasteiger partial charge in [0, 0.05) is 23.5 Å². The lowest BCUT2D eigenvalue weighted by molar-refractivity contribution is 0.571.